The van der Waals surface area contributed by atoms with Gasteiger partial charge in [-0.05, 0) is 51.1 Å². The average molecular weight is 388 g/mol. The van der Waals surface area contributed by atoms with Crippen molar-refractivity contribution in [2.45, 2.75) is 25.3 Å². The number of nitrogens with zero attached hydrogens (tertiary/aromatic N) is 2. The van der Waals surface area contributed by atoms with Crippen LogP contribution in [0.3, 0.4) is 0 Å². The number of benzene rings is 1. The van der Waals surface area contributed by atoms with Crippen LogP contribution in [-0.4, -0.2) is 66.1 Å². The lowest BCUT2D eigenvalue weighted by atomic mass is 10.1. The molecule has 1 amide bonds. The molecule has 25 heavy (non-hydrogen) atoms. The Bertz CT molecular complexity index is 627. The largest absolute Gasteiger partial charge is 0.480 e. The Kier molecular flexibility index (Phi) is 7.50. The predicted octanol–water partition coefficient (Wildman–Crippen LogP) is 2.80. The van der Waals surface area contributed by atoms with E-state index in [1.807, 2.05) is 11.9 Å². The Morgan fingerprint density at radius 2 is 2.04 bits per heavy atom. The van der Waals surface area contributed by atoms with E-state index in [0.29, 0.717) is 22.3 Å². The first-order valence-corrected chi connectivity index (χ1v) is 9.00. The number of carboxylic acids is 1. The van der Waals surface area contributed by atoms with Crippen LogP contribution in [0.4, 0.5) is 5.69 Å². The van der Waals surface area contributed by atoms with Crippen LogP contribution in [-0.2, 0) is 9.59 Å². The first-order chi connectivity index (χ1) is 11.8. The maximum Gasteiger partial charge on any atom is 0.317 e. The first kappa shape index (κ1) is 20.0. The van der Waals surface area contributed by atoms with E-state index >= 15 is 0 Å². The topological polar surface area (TPSA) is 72.9 Å². The molecule has 8 heteroatoms. The van der Waals surface area contributed by atoms with Gasteiger partial charge in [0.15, 0.2) is 0 Å². The van der Waals surface area contributed by atoms with Crippen LogP contribution < -0.4 is 5.32 Å². The molecule has 1 fully saturated rings. The number of amides is 1. The lowest BCUT2D eigenvalue weighted by Gasteiger charge is -2.25. The van der Waals surface area contributed by atoms with Gasteiger partial charge in [-0.2, -0.15) is 0 Å². The van der Waals surface area contributed by atoms with Crippen molar-refractivity contribution in [1.29, 1.82) is 0 Å². The standard InChI is InChI=1S/C17H23Cl2N3O3/c1-21(11-17(24)25)13-3-2-7-22(8-6-13)10-16(23)20-12-4-5-14(18)15(19)9-12/h4-5,9,13H,2-3,6-8,10-11H2,1H3,(H,20,23)(H,24,25). The minimum absolute atomic E-state index is 0.0441. The molecule has 2 N–H and O–H groups in total. The van der Waals surface area contributed by atoms with Gasteiger partial charge in [0.05, 0.1) is 23.1 Å². The zero-order valence-electron chi connectivity index (χ0n) is 14.2. The maximum atomic E-state index is 12.2. The summed E-state index contributed by atoms with van der Waals surface area (Å²) in [5, 5.41) is 12.6. The molecule has 0 saturated carbocycles. The van der Waals surface area contributed by atoms with Gasteiger partial charge < -0.3 is 10.4 Å². The predicted molar refractivity (Wildman–Crippen MR) is 99.4 cm³/mol. The monoisotopic (exact) mass is 387 g/mol. The third-order valence-corrected chi connectivity index (χ3v) is 5.11. The lowest BCUT2D eigenvalue weighted by Crippen LogP contribution is -2.37. The summed E-state index contributed by atoms with van der Waals surface area (Å²) in [6.45, 7) is 1.94. The van der Waals surface area contributed by atoms with Crippen molar-refractivity contribution in [1.82, 2.24) is 9.80 Å². The highest BCUT2D eigenvalue weighted by Crippen LogP contribution is 2.25. The molecule has 1 saturated heterocycles. The highest BCUT2D eigenvalue weighted by molar-refractivity contribution is 6.42. The molecule has 1 aromatic carbocycles. The molecule has 0 aliphatic carbocycles. The number of hydrogen-bond acceptors (Lipinski definition) is 4. The molecule has 1 aliphatic rings. The summed E-state index contributed by atoms with van der Waals surface area (Å²) in [5.41, 5.74) is 0.619. The lowest BCUT2D eigenvalue weighted by molar-refractivity contribution is -0.138. The van der Waals surface area contributed by atoms with E-state index in [0.717, 1.165) is 32.4 Å². The molecule has 1 unspecified atom stereocenters. The fourth-order valence-corrected chi connectivity index (χ4v) is 3.36. The molecule has 1 atom stereocenters. The van der Waals surface area contributed by atoms with Gasteiger partial charge in [0.1, 0.15) is 0 Å². The van der Waals surface area contributed by atoms with E-state index in [1.54, 1.807) is 18.2 Å². The minimum atomic E-state index is -0.815. The fourth-order valence-electron chi connectivity index (χ4n) is 3.06. The van der Waals surface area contributed by atoms with Crippen molar-refractivity contribution >= 4 is 40.8 Å². The normalized spacial score (nSPS) is 18.8. The van der Waals surface area contributed by atoms with Crippen molar-refractivity contribution in [2.75, 3.05) is 38.5 Å². The second-order valence-corrected chi connectivity index (χ2v) is 7.16. The second kappa shape index (κ2) is 9.38. The Balaban J connectivity index is 1.83. The van der Waals surface area contributed by atoms with Crippen LogP contribution in [0.15, 0.2) is 18.2 Å². The molecular weight excluding hydrogens is 365 g/mol. The first-order valence-electron chi connectivity index (χ1n) is 8.24. The number of carboxylic acid groups (broad SMARTS) is 1. The zero-order chi connectivity index (χ0) is 18.4. The number of likely N-dealkylation sites (tertiary alicyclic amines) is 1. The quantitative estimate of drug-likeness (QED) is 0.784. The zero-order valence-corrected chi connectivity index (χ0v) is 15.7. The maximum absolute atomic E-state index is 12.2. The van der Waals surface area contributed by atoms with E-state index in [1.165, 1.54) is 0 Å². The van der Waals surface area contributed by atoms with Gasteiger partial charge in [-0.1, -0.05) is 23.2 Å². The molecule has 0 bridgehead atoms. The van der Waals surface area contributed by atoms with E-state index in [9.17, 15) is 9.59 Å². The molecule has 138 valence electrons. The molecular formula is C17H23Cl2N3O3. The average Bonchev–Trinajstić information content (AvgIpc) is 2.76. The summed E-state index contributed by atoms with van der Waals surface area (Å²) >= 11 is 11.8. The van der Waals surface area contributed by atoms with Gasteiger partial charge in [-0.3, -0.25) is 19.4 Å². The summed E-state index contributed by atoms with van der Waals surface area (Å²) in [5.74, 6) is -0.916. The summed E-state index contributed by atoms with van der Waals surface area (Å²) in [4.78, 5) is 27.1. The van der Waals surface area contributed by atoms with Crippen LogP contribution in [0.25, 0.3) is 0 Å². The van der Waals surface area contributed by atoms with E-state index in [4.69, 9.17) is 28.3 Å². The van der Waals surface area contributed by atoms with Gasteiger partial charge in [0, 0.05) is 18.3 Å². The van der Waals surface area contributed by atoms with E-state index in [-0.39, 0.29) is 18.5 Å². The summed E-state index contributed by atoms with van der Waals surface area (Å²) in [6, 6.07) is 5.22. The number of aliphatic carboxylic acids is 1. The molecule has 0 spiro atoms. The number of halogens is 2. The van der Waals surface area contributed by atoms with Crippen molar-refractivity contribution in [3.05, 3.63) is 28.2 Å². The number of hydrogen-bond donors (Lipinski definition) is 2. The third kappa shape index (κ3) is 6.47. The number of rotatable bonds is 6. The van der Waals surface area contributed by atoms with Gasteiger partial charge >= 0.3 is 5.97 Å². The van der Waals surface area contributed by atoms with Gasteiger partial charge in [-0.15, -0.1) is 0 Å². The minimum Gasteiger partial charge on any atom is -0.480 e. The summed E-state index contributed by atoms with van der Waals surface area (Å²) in [6.07, 6.45) is 2.73. The fraction of sp³-hybridized carbons (Fsp3) is 0.529. The van der Waals surface area contributed by atoms with Crippen molar-refractivity contribution in [3.63, 3.8) is 0 Å². The molecule has 0 radical (unpaired) electrons. The second-order valence-electron chi connectivity index (χ2n) is 6.35. The Hall–Kier alpha value is -1.34. The van der Waals surface area contributed by atoms with E-state index < -0.39 is 5.97 Å². The van der Waals surface area contributed by atoms with Crippen LogP contribution in [0.2, 0.25) is 10.0 Å². The Labute approximate surface area is 157 Å². The van der Waals surface area contributed by atoms with E-state index in [2.05, 4.69) is 10.2 Å². The smallest absolute Gasteiger partial charge is 0.317 e. The van der Waals surface area contributed by atoms with Crippen LogP contribution in [0.1, 0.15) is 19.3 Å². The highest BCUT2D eigenvalue weighted by Gasteiger charge is 2.22. The molecule has 1 aromatic rings. The number of nitrogens with one attached hydrogen (secondary N) is 1. The Morgan fingerprint density at radius 3 is 2.72 bits per heavy atom. The van der Waals surface area contributed by atoms with Gasteiger partial charge in [0.25, 0.3) is 0 Å². The Morgan fingerprint density at radius 1 is 1.28 bits per heavy atom. The van der Waals surface area contributed by atoms with Gasteiger partial charge in [-0.25, -0.2) is 0 Å². The molecule has 2 rings (SSSR count). The van der Waals surface area contributed by atoms with Crippen molar-refractivity contribution in [2.24, 2.45) is 0 Å². The number of likely N-dealkylation sites (N-methyl/N-ethyl adjacent to an activating group) is 1. The summed E-state index contributed by atoms with van der Waals surface area (Å²) < 4.78 is 0. The molecule has 1 heterocycles. The molecule has 6 nitrogen and oxygen atoms in total. The third-order valence-electron chi connectivity index (χ3n) is 4.37. The van der Waals surface area contributed by atoms with Gasteiger partial charge in [0.2, 0.25) is 5.91 Å². The summed E-state index contributed by atoms with van der Waals surface area (Å²) in [7, 11) is 1.84. The number of carbonyl (C=O) groups is 2. The molecule has 1 aliphatic heterocycles. The van der Waals surface area contributed by atoms with Crippen LogP contribution >= 0.6 is 23.2 Å². The van der Waals surface area contributed by atoms with Crippen LogP contribution in [0, 0.1) is 0 Å². The number of anilines is 1. The highest BCUT2D eigenvalue weighted by atomic mass is 35.5. The SMILES string of the molecule is CN(CC(=O)O)C1CCCN(CC(=O)Nc2ccc(Cl)c(Cl)c2)CC1. The number of carbonyl (C=O) groups excluding carboxylic acids is 1. The van der Waals surface area contributed by atoms with Crippen molar-refractivity contribution in [3.8, 4) is 0 Å². The van der Waals surface area contributed by atoms with Crippen LogP contribution in [0.5, 0.6) is 0 Å². The molecule has 0 aromatic heterocycles. The van der Waals surface area contributed by atoms with Crippen molar-refractivity contribution < 1.29 is 14.7 Å².